The van der Waals surface area contributed by atoms with Gasteiger partial charge in [0.15, 0.2) is 0 Å². The summed E-state index contributed by atoms with van der Waals surface area (Å²) in [4.78, 5) is 28.2. The van der Waals surface area contributed by atoms with E-state index in [4.69, 9.17) is 25.8 Å². The lowest BCUT2D eigenvalue weighted by Crippen LogP contribution is -2.29. The van der Waals surface area contributed by atoms with Gasteiger partial charge in [-0.15, -0.1) is 0 Å². The minimum absolute atomic E-state index is 0.0161. The largest absolute Gasteiger partial charge is 0.507 e. The van der Waals surface area contributed by atoms with Crippen molar-refractivity contribution in [3.63, 3.8) is 0 Å². The molecule has 1 amide bonds. The highest BCUT2D eigenvalue weighted by Gasteiger charge is 2.46. The topological polar surface area (TPSA) is 85.3 Å². The Hall–Kier alpha value is -3.97. The van der Waals surface area contributed by atoms with E-state index in [-0.39, 0.29) is 29.0 Å². The van der Waals surface area contributed by atoms with Gasteiger partial charge in [0.1, 0.15) is 23.0 Å². The number of halogens is 1. The highest BCUT2D eigenvalue weighted by molar-refractivity contribution is 6.46. The van der Waals surface area contributed by atoms with Gasteiger partial charge in [-0.2, -0.15) is 0 Å². The van der Waals surface area contributed by atoms with Crippen LogP contribution in [-0.4, -0.2) is 42.0 Å². The number of carbonyl (C=O) groups is 2. The molecule has 4 rings (SSSR count). The molecule has 1 saturated heterocycles. The predicted molar refractivity (Wildman–Crippen MR) is 141 cm³/mol. The SMILES string of the molecule is COc1cccc(C2/C(=C(/O)c3ccc(OC)c(Cl)c3)C(=O)C(=O)N2Cc2cccc(OC(C)C)c2)c1. The summed E-state index contributed by atoms with van der Waals surface area (Å²) in [5.74, 6) is -0.185. The standard InChI is InChI=1S/C29H28ClNO6/c1-17(2)37-22-10-5-7-18(13-22)16-31-26(19-8-6-9-21(14-19)35-3)25(28(33)29(31)34)27(32)20-11-12-24(36-4)23(30)15-20/h5-15,17,26,32H,16H2,1-4H3/b27-25-. The minimum Gasteiger partial charge on any atom is -0.507 e. The number of aliphatic hydroxyl groups excluding tert-OH is 1. The average Bonchev–Trinajstić information content (AvgIpc) is 3.13. The fraction of sp³-hybridized carbons (Fsp3) is 0.241. The normalized spacial score (nSPS) is 16.8. The first kappa shape index (κ1) is 26.1. The van der Waals surface area contributed by atoms with Crippen LogP contribution in [0.1, 0.15) is 36.6 Å². The summed E-state index contributed by atoms with van der Waals surface area (Å²) < 4.78 is 16.4. The molecule has 1 unspecified atom stereocenters. The number of likely N-dealkylation sites (tertiary alicyclic amines) is 1. The maximum atomic E-state index is 13.4. The average molecular weight is 522 g/mol. The van der Waals surface area contributed by atoms with Crippen LogP contribution >= 0.6 is 11.6 Å². The number of benzene rings is 3. The Morgan fingerprint density at radius 3 is 2.38 bits per heavy atom. The maximum absolute atomic E-state index is 13.4. The number of ether oxygens (including phenoxy) is 3. The third-order valence-corrected chi connectivity index (χ3v) is 6.29. The number of carbonyl (C=O) groups excluding carboxylic acids is 2. The van der Waals surface area contributed by atoms with Crippen molar-refractivity contribution in [2.45, 2.75) is 32.5 Å². The number of aliphatic hydroxyl groups is 1. The van der Waals surface area contributed by atoms with E-state index in [2.05, 4.69) is 0 Å². The molecule has 1 N–H and O–H groups in total. The van der Waals surface area contributed by atoms with E-state index in [0.29, 0.717) is 28.4 Å². The fourth-order valence-electron chi connectivity index (χ4n) is 4.36. The molecule has 3 aromatic rings. The Morgan fingerprint density at radius 1 is 0.973 bits per heavy atom. The molecule has 1 heterocycles. The monoisotopic (exact) mass is 521 g/mol. The molecule has 0 aromatic heterocycles. The van der Waals surface area contributed by atoms with Crippen LogP contribution in [-0.2, 0) is 16.1 Å². The number of nitrogens with zero attached hydrogens (tertiary/aromatic N) is 1. The van der Waals surface area contributed by atoms with Crippen molar-refractivity contribution < 1.29 is 28.9 Å². The summed E-state index contributed by atoms with van der Waals surface area (Å²) >= 11 is 6.28. The van der Waals surface area contributed by atoms with E-state index >= 15 is 0 Å². The molecule has 0 saturated carbocycles. The van der Waals surface area contributed by atoms with Crippen LogP contribution in [0, 0.1) is 0 Å². The fourth-order valence-corrected chi connectivity index (χ4v) is 4.61. The van der Waals surface area contributed by atoms with E-state index in [0.717, 1.165) is 5.56 Å². The third kappa shape index (κ3) is 5.42. The van der Waals surface area contributed by atoms with Crippen molar-refractivity contribution >= 4 is 29.1 Å². The molecule has 8 heteroatoms. The van der Waals surface area contributed by atoms with Gasteiger partial charge in [0, 0.05) is 12.1 Å². The molecule has 0 bridgehead atoms. The molecule has 3 aromatic carbocycles. The summed E-state index contributed by atoms with van der Waals surface area (Å²) in [5.41, 5.74) is 1.66. The van der Waals surface area contributed by atoms with Crippen LogP contribution < -0.4 is 14.2 Å². The molecule has 1 aliphatic rings. The van der Waals surface area contributed by atoms with Gasteiger partial charge in [-0.1, -0.05) is 35.9 Å². The van der Waals surface area contributed by atoms with Gasteiger partial charge in [-0.25, -0.2) is 0 Å². The summed E-state index contributed by atoms with van der Waals surface area (Å²) in [6.45, 7) is 3.99. The van der Waals surface area contributed by atoms with Gasteiger partial charge < -0.3 is 24.2 Å². The van der Waals surface area contributed by atoms with Crippen LogP contribution in [0.4, 0.5) is 0 Å². The molecular formula is C29H28ClNO6. The Labute approximate surface area is 220 Å². The lowest BCUT2D eigenvalue weighted by Gasteiger charge is -2.26. The van der Waals surface area contributed by atoms with Gasteiger partial charge in [0.25, 0.3) is 11.7 Å². The highest BCUT2D eigenvalue weighted by atomic mass is 35.5. The summed E-state index contributed by atoms with van der Waals surface area (Å²) in [6.07, 6.45) is -0.0161. The molecule has 1 aliphatic heterocycles. The number of ketones is 1. The van der Waals surface area contributed by atoms with Crippen molar-refractivity contribution in [2.75, 3.05) is 14.2 Å². The molecule has 0 spiro atoms. The van der Waals surface area contributed by atoms with E-state index < -0.39 is 17.7 Å². The number of amides is 1. The Balaban J connectivity index is 1.83. The van der Waals surface area contributed by atoms with Gasteiger partial charge in [-0.05, 0) is 67.4 Å². The summed E-state index contributed by atoms with van der Waals surface area (Å²) in [6, 6.07) is 18.3. The number of hydrogen-bond acceptors (Lipinski definition) is 6. The number of hydrogen-bond donors (Lipinski definition) is 1. The quantitative estimate of drug-likeness (QED) is 0.230. The van der Waals surface area contributed by atoms with E-state index in [1.54, 1.807) is 36.4 Å². The van der Waals surface area contributed by atoms with Crippen molar-refractivity contribution in [1.29, 1.82) is 0 Å². The van der Waals surface area contributed by atoms with Crippen molar-refractivity contribution in [1.82, 2.24) is 4.90 Å². The molecule has 192 valence electrons. The van der Waals surface area contributed by atoms with E-state index in [9.17, 15) is 14.7 Å². The number of Topliss-reactive ketones (excluding diaryl/α,β-unsaturated/α-hetero) is 1. The first-order valence-electron chi connectivity index (χ1n) is 11.7. The van der Waals surface area contributed by atoms with Gasteiger partial charge >= 0.3 is 0 Å². The lowest BCUT2D eigenvalue weighted by atomic mass is 9.95. The lowest BCUT2D eigenvalue weighted by molar-refractivity contribution is -0.140. The van der Waals surface area contributed by atoms with Crippen LogP contribution in [0.5, 0.6) is 17.2 Å². The second-order valence-corrected chi connectivity index (χ2v) is 9.27. The number of rotatable bonds is 8. The Morgan fingerprint density at radius 2 is 1.70 bits per heavy atom. The molecular weight excluding hydrogens is 494 g/mol. The molecule has 37 heavy (non-hydrogen) atoms. The zero-order chi connectivity index (χ0) is 26.7. The molecule has 7 nitrogen and oxygen atoms in total. The second-order valence-electron chi connectivity index (χ2n) is 8.87. The van der Waals surface area contributed by atoms with Crippen LogP contribution in [0.3, 0.4) is 0 Å². The Kier molecular flexibility index (Phi) is 7.74. The van der Waals surface area contributed by atoms with Crippen LogP contribution in [0.15, 0.2) is 72.3 Å². The summed E-state index contributed by atoms with van der Waals surface area (Å²) in [7, 11) is 3.02. The van der Waals surface area contributed by atoms with Crippen LogP contribution in [0.25, 0.3) is 5.76 Å². The predicted octanol–water partition coefficient (Wildman–Crippen LogP) is 5.77. The van der Waals surface area contributed by atoms with Crippen molar-refractivity contribution in [3.05, 3.63) is 94.0 Å². The molecule has 0 radical (unpaired) electrons. The zero-order valence-corrected chi connectivity index (χ0v) is 21.8. The highest BCUT2D eigenvalue weighted by Crippen LogP contribution is 2.42. The second kappa shape index (κ2) is 11.0. The van der Waals surface area contributed by atoms with E-state index in [1.165, 1.54) is 25.2 Å². The molecule has 1 fully saturated rings. The third-order valence-electron chi connectivity index (χ3n) is 6.00. The van der Waals surface area contributed by atoms with Crippen LogP contribution in [0.2, 0.25) is 5.02 Å². The van der Waals surface area contributed by atoms with Gasteiger partial charge in [0.2, 0.25) is 0 Å². The smallest absolute Gasteiger partial charge is 0.295 e. The first-order valence-corrected chi connectivity index (χ1v) is 12.1. The van der Waals surface area contributed by atoms with Crippen molar-refractivity contribution in [2.24, 2.45) is 0 Å². The Bertz CT molecular complexity index is 1370. The number of methoxy groups -OCH3 is 2. The maximum Gasteiger partial charge on any atom is 0.295 e. The minimum atomic E-state index is -0.856. The van der Waals surface area contributed by atoms with Gasteiger partial charge in [0.05, 0.1) is 37.0 Å². The zero-order valence-electron chi connectivity index (χ0n) is 21.0. The van der Waals surface area contributed by atoms with Crippen molar-refractivity contribution in [3.8, 4) is 17.2 Å². The summed E-state index contributed by atoms with van der Waals surface area (Å²) in [5, 5.41) is 11.6. The first-order chi connectivity index (χ1) is 17.7. The van der Waals surface area contributed by atoms with E-state index in [1.807, 2.05) is 38.1 Å². The molecule has 0 aliphatic carbocycles. The molecule has 1 atom stereocenters. The van der Waals surface area contributed by atoms with Gasteiger partial charge in [-0.3, -0.25) is 9.59 Å².